The van der Waals surface area contributed by atoms with Gasteiger partial charge in [0.25, 0.3) is 5.91 Å². The highest BCUT2D eigenvalue weighted by Gasteiger charge is 2.34. The molecule has 6 heteroatoms. The lowest BCUT2D eigenvalue weighted by Crippen LogP contribution is -2.29. The van der Waals surface area contributed by atoms with Crippen molar-refractivity contribution in [2.75, 3.05) is 11.9 Å². The summed E-state index contributed by atoms with van der Waals surface area (Å²) in [4.78, 5) is 23.2. The average Bonchev–Trinajstić information content (AvgIpc) is 3.17. The standard InChI is InChI=1S/C21H23NO5/c23-20(18-9-10-19(27-18)21(24)25)22-17-8-4-7-16(13-17)14-26-12-11-15-5-2-1-3-6-15/h1-8,13,18-19H,9-12,14H2,(H,22,23)(H,24,25)/t18-,19+/m0/s1. The van der Waals surface area contributed by atoms with Crippen LogP contribution < -0.4 is 5.32 Å². The molecule has 1 aliphatic heterocycles. The molecule has 0 aromatic heterocycles. The predicted octanol–water partition coefficient (Wildman–Crippen LogP) is 3.02. The topological polar surface area (TPSA) is 84.9 Å². The lowest BCUT2D eigenvalue weighted by molar-refractivity contribution is -0.150. The van der Waals surface area contributed by atoms with Crippen molar-refractivity contribution < 1.29 is 24.2 Å². The van der Waals surface area contributed by atoms with E-state index in [1.807, 2.05) is 36.4 Å². The number of hydrogen-bond acceptors (Lipinski definition) is 4. The van der Waals surface area contributed by atoms with Crippen LogP contribution in [0.2, 0.25) is 0 Å². The Bertz CT molecular complexity index is 777. The molecule has 0 unspecified atom stereocenters. The largest absolute Gasteiger partial charge is 0.479 e. The van der Waals surface area contributed by atoms with Crippen LogP contribution in [0.5, 0.6) is 0 Å². The summed E-state index contributed by atoms with van der Waals surface area (Å²) in [5, 5.41) is 11.7. The van der Waals surface area contributed by atoms with Crippen LogP contribution in [-0.4, -0.2) is 35.8 Å². The Kier molecular flexibility index (Phi) is 6.57. The van der Waals surface area contributed by atoms with Crippen molar-refractivity contribution in [3.8, 4) is 0 Å². The highest BCUT2D eigenvalue weighted by molar-refractivity contribution is 5.94. The molecule has 1 amide bonds. The van der Waals surface area contributed by atoms with Crippen molar-refractivity contribution in [1.82, 2.24) is 0 Å². The molecular weight excluding hydrogens is 346 g/mol. The van der Waals surface area contributed by atoms with E-state index in [4.69, 9.17) is 14.6 Å². The first-order valence-corrected chi connectivity index (χ1v) is 9.01. The first kappa shape index (κ1) is 19.1. The third kappa shape index (κ3) is 5.64. The van der Waals surface area contributed by atoms with Gasteiger partial charge < -0.3 is 19.9 Å². The number of ether oxygens (including phenoxy) is 2. The highest BCUT2D eigenvalue weighted by atomic mass is 16.5. The van der Waals surface area contributed by atoms with Crippen molar-refractivity contribution in [3.63, 3.8) is 0 Å². The van der Waals surface area contributed by atoms with Gasteiger partial charge in [-0.05, 0) is 42.5 Å². The molecule has 27 heavy (non-hydrogen) atoms. The molecule has 0 saturated carbocycles. The molecule has 0 spiro atoms. The maximum absolute atomic E-state index is 12.3. The zero-order chi connectivity index (χ0) is 19.1. The van der Waals surface area contributed by atoms with E-state index in [9.17, 15) is 9.59 Å². The van der Waals surface area contributed by atoms with Crippen LogP contribution in [0.3, 0.4) is 0 Å². The Labute approximate surface area is 158 Å². The molecule has 0 aliphatic carbocycles. The second-order valence-corrected chi connectivity index (χ2v) is 6.51. The molecule has 3 rings (SSSR count). The summed E-state index contributed by atoms with van der Waals surface area (Å²) < 4.78 is 11.0. The molecule has 2 aromatic carbocycles. The second kappa shape index (κ2) is 9.30. The molecule has 0 radical (unpaired) electrons. The minimum atomic E-state index is -1.03. The van der Waals surface area contributed by atoms with Gasteiger partial charge in [0.15, 0.2) is 6.10 Å². The smallest absolute Gasteiger partial charge is 0.332 e. The van der Waals surface area contributed by atoms with Gasteiger partial charge in [0.1, 0.15) is 6.10 Å². The zero-order valence-electron chi connectivity index (χ0n) is 15.0. The van der Waals surface area contributed by atoms with Gasteiger partial charge in [-0.2, -0.15) is 0 Å². The first-order valence-electron chi connectivity index (χ1n) is 9.01. The average molecular weight is 369 g/mol. The molecule has 2 N–H and O–H groups in total. The number of carboxylic acid groups (broad SMARTS) is 1. The van der Waals surface area contributed by atoms with Gasteiger partial charge in [-0.1, -0.05) is 42.5 Å². The van der Waals surface area contributed by atoms with Gasteiger partial charge in [0.2, 0.25) is 0 Å². The van der Waals surface area contributed by atoms with Crippen molar-refractivity contribution in [2.45, 2.75) is 38.1 Å². The van der Waals surface area contributed by atoms with E-state index >= 15 is 0 Å². The molecule has 1 heterocycles. The van der Waals surface area contributed by atoms with Gasteiger partial charge in [-0.25, -0.2) is 4.79 Å². The van der Waals surface area contributed by atoms with E-state index in [1.54, 1.807) is 6.07 Å². The van der Waals surface area contributed by atoms with Crippen molar-refractivity contribution in [2.24, 2.45) is 0 Å². The normalized spacial score (nSPS) is 19.0. The van der Waals surface area contributed by atoms with E-state index < -0.39 is 18.2 Å². The van der Waals surface area contributed by atoms with Crippen LogP contribution in [0, 0.1) is 0 Å². The molecule has 142 valence electrons. The zero-order valence-corrected chi connectivity index (χ0v) is 15.0. The fourth-order valence-electron chi connectivity index (χ4n) is 3.00. The summed E-state index contributed by atoms with van der Waals surface area (Å²) in [6.45, 7) is 1.07. The van der Waals surface area contributed by atoms with E-state index in [1.165, 1.54) is 5.56 Å². The number of benzene rings is 2. The minimum absolute atomic E-state index is 0.319. The summed E-state index contributed by atoms with van der Waals surface area (Å²) in [5.74, 6) is -1.35. The highest BCUT2D eigenvalue weighted by Crippen LogP contribution is 2.21. The lowest BCUT2D eigenvalue weighted by Gasteiger charge is -2.12. The summed E-state index contributed by atoms with van der Waals surface area (Å²) in [5.41, 5.74) is 2.83. The van der Waals surface area contributed by atoms with Crippen molar-refractivity contribution in [1.29, 1.82) is 0 Å². The summed E-state index contributed by atoms with van der Waals surface area (Å²) in [7, 11) is 0. The van der Waals surface area contributed by atoms with Gasteiger partial charge in [0, 0.05) is 5.69 Å². The van der Waals surface area contributed by atoms with E-state index in [2.05, 4.69) is 17.4 Å². The Morgan fingerprint density at radius 2 is 1.78 bits per heavy atom. The third-order valence-corrected chi connectivity index (χ3v) is 4.43. The van der Waals surface area contributed by atoms with Crippen LogP contribution in [-0.2, 0) is 32.1 Å². The number of rotatable bonds is 8. The molecule has 1 aliphatic rings. The number of carboxylic acids is 1. The number of hydrogen-bond donors (Lipinski definition) is 2. The van der Waals surface area contributed by atoms with Gasteiger partial charge in [-0.15, -0.1) is 0 Å². The molecule has 0 bridgehead atoms. The number of anilines is 1. The quantitative estimate of drug-likeness (QED) is 0.699. The fourth-order valence-corrected chi connectivity index (χ4v) is 3.00. The van der Waals surface area contributed by atoms with Crippen LogP contribution >= 0.6 is 0 Å². The molecule has 1 fully saturated rings. The number of amides is 1. The SMILES string of the molecule is O=C(Nc1cccc(COCCc2ccccc2)c1)[C@@H]1CC[C@H](C(=O)O)O1. The number of carbonyl (C=O) groups is 2. The Morgan fingerprint density at radius 3 is 2.52 bits per heavy atom. The molecule has 2 aromatic rings. The van der Waals surface area contributed by atoms with Crippen LogP contribution in [0.15, 0.2) is 54.6 Å². The Balaban J connectivity index is 1.46. The summed E-state index contributed by atoms with van der Waals surface area (Å²) in [6.07, 6.45) is -0.0172. The third-order valence-electron chi connectivity index (χ3n) is 4.43. The van der Waals surface area contributed by atoms with Crippen molar-refractivity contribution in [3.05, 3.63) is 65.7 Å². The Morgan fingerprint density at radius 1 is 1.04 bits per heavy atom. The molecule has 6 nitrogen and oxygen atoms in total. The lowest BCUT2D eigenvalue weighted by atomic mass is 10.1. The van der Waals surface area contributed by atoms with E-state index in [-0.39, 0.29) is 5.91 Å². The molecular formula is C21H23NO5. The van der Waals surface area contributed by atoms with Crippen molar-refractivity contribution >= 4 is 17.6 Å². The number of nitrogens with one attached hydrogen (secondary N) is 1. The van der Waals surface area contributed by atoms with Crippen LogP contribution in [0.4, 0.5) is 5.69 Å². The van der Waals surface area contributed by atoms with Crippen LogP contribution in [0.1, 0.15) is 24.0 Å². The first-order chi connectivity index (χ1) is 13.1. The Hall–Kier alpha value is -2.70. The van der Waals surface area contributed by atoms with E-state index in [0.717, 1.165) is 12.0 Å². The summed E-state index contributed by atoms with van der Waals surface area (Å²) >= 11 is 0. The molecule has 1 saturated heterocycles. The van der Waals surface area contributed by atoms with Crippen LogP contribution in [0.25, 0.3) is 0 Å². The van der Waals surface area contributed by atoms with E-state index in [0.29, 0.717) is 31.7 Å². The number of carbonyl (C=O) groups excluding carboxylic acids is 1. The molecule has 2 atom stereocenters. The van der Waals surface area contributed by atoms with Gasteiger partial charge in [-0.3, -0.25) is 4.79 Å². The second-order valence-electron chi connectivity index (χ2n) is 6.51. The fraction of sp³-hybridized carbons (Fsp3) is 0.333. The van der Waals surface area contributed by atoms with Gasteiger partial charge in [0.05, 0.1) is 13.2 Å². The maximum atomic E-state index is 12.3. The monoisotopic (exact) mass is 369 g/mol. The van der Waals surface area contributed by atoms with Gasteiger partial charge >= 0.3 is 5.97 Å². The number of aliphatic carboxylic acids is 1. The summed E-state index contributed by atoms with van der Waals surface area (Å²) in [6, 6.07) is 17.6. The maximum Gasteiger partial charge on any atom is 0.332 e. The predicted molar refractivity (Wildman–Crippen MR) is 100 cm³/mol. The minimum Gasteiger partial charge on any atom is -0.479 e.